The van der Waals surface area contributed by atoms with Crippen molar-refractivity contribution in [2.75, 3.05) is 12.4 Å². The molecule has 0 aliphatic carbocycles. The molecule has 0 amide bonds. The summed E-state index contributed by atoms with van der Waals surface area (Å²) in [6.45, 7) is 0. The molecule has 5 heteroatoms. The number of anilines is 1. The highest BCUT2D eigenvalue weighted by Crippen LogP contribution is 2.29. The van der Waals surface area contributed by atoms with E-state index in [0.29, 0.717) is 5.82 Å². The molecule has 25 heavy (non-hydrogen) atoms. The van der Waals surface area contributed by atoms with Crippen molar-refractivity contribution in [1.29, 1.82) is 0 Å². The summed E-state index contributed by atoms with van der Waals surface area (Å²) >= 11 is 0. The summed E-state index contributed by atoms with van der Waals surface area (Å²) in [5.74, 6) is 1.12. The fourth-order valence-corrected chi connectivity index (χ4v) is 2.77. The molecule has 4 aromatic rings. The molecule has 0 atom stereocenters. The summed E-state index contributed by atoms with van der Waals surface area (Å²) < 4.78 is 13.1. The standard InChI is InChI=1S/C20H15FN4/c1-22-20-17-11-14(13-4-7-16(21)8-5-13)6-9-18(17)24-19(25-20)15-3-2-10-23-12-15/h2-12H,1H3,(H,22,24,25). The van der Waals surface area contributed by atoms with Gasteiger partial charge >= 0.3 is 0 Å². The zero-order valence-corrected chi connectivity index (χ0v) is 13.6. The normalized spacial score (nSPS) is 10.8. The maximum atomic E-state index is 13.1. The Bertz CT molecular complexity index is 1030. The summed E-state index contributed by atoms with van der Waals surface area (Å²) in [6.07, 6.45) is 3.46. The van der Waals surface area contributed by atoms with Gasteiger partial charge in [-0.05, 0) is 47.5 Å². The van der Waals surface area contributed by atoms with E-state index >= 15 is 0 Å². The van der Waals surface area contributed by atoms with E-state index in [9.17, 15) is 4.39 Å². The van der Waals surface area contributed by atoms with E-state index in [2.05, 4.69) is 20.3 Å². The minimum atomic E-state index is -0.245. The maximum Gasteiger partial charge on any atom is 0.163 e. The molecule has 0 saturated carbocycles. The van der Waals surface area contributed by atoms with Crippen molar-refractivity contribution in [3.8, 4) is 22.5 Å². The van der Waals surface area contributed by atoms with Gasteiger partial charge in [0.15, 0.2) is 5.82 Å². The molecule has 0 aliphatic heterocycles. The second-order valence-electron chi connectivity index (χ2n) is 5.63. The Morgan fingerprint density at radius 3 is 2.40 bits per heavy atom. The summed E-state index contributed by atoms with van der Waals surface area (Å²) in [6, 6.07) is 16.2. The average molecular weight is 330 g/mol. The molecular weight excluding hydrogens is 315 g/mol. The Morgan fingerprint density at radius 2 is 1.68 bits per heavy atom. The van der Waals surface area contributed by atoms with Crippen LogP contribution in [0.15, 0.2) is 67.0 Å². The third-order valence-electron chi connectivity index (χ3n) is 4.03. The predicted octanol–water partition coefficient (Wildman–Crippen LogP) is 4.54. The van der Waals surface area contributed by atoms with Gasteiger partial charge in [-0.3, -0.25) is 4.98 Å². The van der Waals surface area contributed by atoms with Gasteiger partial charge in [0, 0.05) is 30.4 Å². The van der Waals surface area contributed by atoms with Gasteiger partial charge in [0.1, 0.15) is 11.6 Å². The van der Waals surface area contributed by atoms with E-state index < -0.39 is 0 Å². The monoisotopic (exact) mass is 330 g/mol. The van der Waals surface area contributed by atoms with Crippen molar-refractivity contribution in [2.24, 2.45) is 0 Å². The molecule has 0 spiro atoms. The number of benzene rings is 2. The lowest BCUT2D eigenvalue weighted by molar-refractivity contribution is 0.628. The van der Waals surface area contributed by atoms with Crippen LogP contribution in [0.1, 0.15) is 0 Å². The molecule has 0 saturated heterocycles. The minimum absolute atomic E-state index is 0.245. The van der Waals surface area contributed by atoms with Crippen LogP contribution < -0.4 is 5.32 Å². The minimum Gasteiger partial charge on any atom is -0.373 e. The van der Waals surface area contributed by atoms with Gasteiger partial charge in [-0.2, -0.15) is 0 Å². The van der Waals surface area contributed by atoms with E-state index in [1.54, 1.807) is 24.5 Å². The van der Waals surface area contributed by atoms with Gasteiger partial charge in [-0.15, -0.1) is 0 Å². The van der Waals surface area contributed by atoms with Crippen LogP contribution in [-0.2, 0) is 0 Å². The molecule has 2 aromatic carbocycles. The Kier molecular flexibility index (Phi) is 3.82. The molecule has 122 valence electrons. The van der Waals surface area contributed by atoms with Crippen molar-refractivity contribution in [3.63, 3.8) is 0 Å². The lowest BCUT2D eigenvalue weighted by Crippen LogP contribution is -1.99. The molecule has 0 aliphatic rings. The molecule has 4 rings (SSSR count). The van der Waals surface area contributed by atoms with Crippen LogP contribution in [-0.4, -0.2) is 22.0 Å². The SMILES string of the molecule is CNc1nc(-c2cccnc2)nc2ccc(-c3ccc(F)cc3)cc12. The van der Waals surface area contributed by atoms with Gasteiger partial charge < -0.3 is 5.32 Å². The Hall–Kier alpha value is -3.34. The van der Waals surface area contributed by atoms with E-state index in [1.165, 1.54) is 12.1 Å². The van der Waals surface area contributed by atoms with Crippen molar-refractivity contribution < 1.29 is 4.39 Å². The second kappa shape index (κ2) is 6.28. The number of aromatic nitrogens is 3. The van der Waals surface area contributed by atoms with Gasteiger partial charge in [0.25, 0.3) is 0 Å². The lowest BCUT2D eigenvalue weighted by atomic mass is 10.0. The number of fused-ring (bicyclic) bond motifs is 1. The van der Waals surface area contributed by atoms with E-state index in [4.69, 9.17) is 0 Å². The summed E-state index contributed by atoms with van der Waals surface area (Å²) in [5, 5.41) is 4.05. The third-order valence-corrected chi connectivity index (χ3v) is 4.03. The molecular formula is C20H15FN4. The highest BCUT2D eigenvalue weighted by Gasteiger charge is 2.10. The quantitative estimate of drug-likeness (QED) is 0.599. The number of hydrogen-bond donors (Lipinski definition) is 1. The van der Waals surface area contributed by atoms with Crippen molar-refractivity contribution in [2.45, 2.75) is 0 Å². The largest absolute Gasteiger partial charge is 0.373 e. The highest BCUT2D eigenvalue weighted by atomic mass is 19.1. The first kappa shape index (κ1) is 15.2. The zero-order valence-electron chi connectivity index (χ0n) is 13.6. The molecule has 2 aromatic heterocycles. The Labute approximate surface area is 144 Å². The van der Waals surface area contributed by atoms with Gasteiger partial charge in [0.2, 0.25) is 0 Å². The van der Waals surface area contributed by atoms with E-state index in [1.807, 2.05) is 37.4 Å². The molecule has 4 nitrogen and oxygen atoms in total. The van der Waals surface area contributed by atoms with Crippen LogP contribution >= 0.6 is 0 Å². The number of rotatable bonds is 3. The number of pyridine rings is 1. The van der Waals surface area contributed by atoms with Gasteiger partial charge in [-0.25, -0.2) is 14.4 Å². The van der Waals surface area contributed by atoms with E-state index in [-0.39, 0.29) is 5.82 Å². The number of nitrogens with one attached hydrogen (secondary N) is 1. The number of halogens is 1. The maximum absolute atomic E-state index is 13.1. The first-order valence-corrected chi connectivity index (χ1v) is 7.90. The molecule has 1 N–H and O–H groups in total. The van der Waals surface area contributed by atoms with Crippen molar-refractivity contribution in [1.82, 2.24) is 15.0 Å². The van der Waals surface area contributed by atoms with E-state index in [0.717, 1.165) is 33.4 Å². The summed E-state index contributed by atoms with van der Waals surface area (Å²) in [5.41, 5.74) is 3.64. The number of hydrogen-bond acceptors (Lipinski definition) is 4. The smallest absolute Gasteiger partial charge is 0.163 e. The fraction of sp³-hybridized carbons (Fsp3) is 0.0500. The Morgan fingerprint density at radius 1 is 0.880 bits per heavy atom. The van der Waals surface area contributed by atoms with Crippen LogP contribution in [0.2, 0.25) is 0 Å². The lowest BCUT2D eigenvalue weighted by Gasteiger charge is -2.10. The number of nitrogens with zero attached hydrogens (tertiary/aromatic N) is 3. The molecule has 0 fully saturated rings. The van der Waals surface area contributed by atoms with Gasteiger partial charge in [-0.1, -0.05) is 18.2 Å². The van der Waals surface area contributed by atoms with Gasteiger partial charge in [0.05, 0.1) is 5.52 Å². The first-order chi connectivity index (χ1) is 12.2. The van der Waals surface area contributed by atoms with Crippen LogP contribution in [0.25, 0.3) is 33.4 Å². The first-order valence-electron chi connectivity index (χ1n) is 7.90. The van der Waals surface area contributed by atoms with Crippen LogP contribution in [0.3, 0.4) is 0 Å². The summed E-state index contributed by atoms with van der Waals surface area (Å²) in [4.78, 5) is 13.4. The third kappa shape index (κ3) is 2.92. The van der Waals surface area contributed by atoms with Crippen LogP contribution in [0, 0.1) is 5.82 Å². The van der Waals surface area contributed by atoms with Crippen molar-refractivity contribution >= 4 is 16.7 Å². The molecule has 2 heterocycles. The van der Waals surface area contributed by atoms with Crippen LogP contribution in [0.5, 0.6) is 0 Å². The summed E-state index contributed by atoms with van der Waals surface area (Å²) in [7, 11) is 1.83. The Balaban J connectivity index is 1.86. The molecule has 0 unspecified atom stereocenters. The van der Waals surface area contributed by atoms with Crippen molar-refractivity contribution in [3.05, 3.63) is 72.8 Å². The topological polar surface area (TPSA) is 50.7 Å². The molecule has 0 radical (unpaired) electrons. The highest BCUT2D eigenvalue weighted by molar-refractivity contribution is 5.93. The average Bonchev–Trinajstić information content (AvgIpc) is 2.68. The second-order valence-corrected chi connectivity index (χ2v) is 5.63. The molecule has 0 bridgehead atoms. The fourth-order valence-electron chi connectivity index (χ4n) is 2.77. The van der Waals surface area contributed by atoms with Crippen LogP contribution in [0.4, 0.5) is 10.2 Å². The predicted molar refractivity (Wildman–Crippen MR) is 97.7 cm³/mol. The zero-order chi connectivity index (χ0) is 17.2.